The van der Waals surface area contributed by atoms with Crippen LogP contribution in [0.3, 0.4) is 0 Å². The minimum Gasteiger partial charge on any atom is -0.389 e. The summed E-state index contributed by atoms with van der Waals surface area (Å²) in [4.78, 5) is 0. The highest BCUT2D eigenvalue weighted by atomic mass is 16.3. The molecule has 0 rings (SSSR count). The van der Waals surface area contributed by atoms with E-state index in [2.05, 4.69) is 34.6 Å². The Morgan fingerprint density at radius 3 is 1.50 bits per heavy atom. The smallest absolute Gasteiger partial charge is 0.0695 e. The van der Waals surface area contributed by atoms with Crippen LogP contribution in [0.2, 0.25) is 0 Å². The molecule has 2 unspecified atom stereocenters. The van der Waals surface area contributed by atoms with E-state index in [0.717, 1.165) is 19.3 Å². The first-order valence-electron chi connectivity index (χ1n) is 5.25. The molecule has 1 heteroatoms. The van der Waals surface area contributed by atoms with Gasteiger partial charge in [-0.3, -0.25) is 0 Å². The number of rotatable bonds is 5. The van der Waals surface area contributed by atoms with Gasteiger partial charge in [-0.15, -0.1) is 0 Å². The fourth-order valence-corrected chi connectivity index (χ4v) is 1.89. The summed E-state index contributed by atoms with van der Waals surface area (Å²) in [5.74, 6) is 0.829. The highest BCUT2D eigenvalue weighted by Gasteiger charge is 2.35. The molecule has 0 heterocycles. The van der Waals surface area contributed by atoms with Crippen LogP contribution in [0.25, 0.3) is 0 Å². The molecule has 0 aromatic heterocycles. The zero-order valence-electron chi connectivity index (χ0n) is 9.22. The molecule has 1 N–H and O–H groups in total. The Morgan fingerprint density at radius 2 is 1.33 bits per heavy atom. The second kappa shape index (κ2) is 4.86. The molecule has 0 aliphatic carbocycles. The van der Waals surface area contributed by atoms with Crippen LogP contribution in [0.4, 0.5) is 0 Å². The summed E-state index contributed by atoms with van der Waals surface area (Å²) < 4.78 is 0. The van der Waals surface area contributed by atoms with Gasteiger partial charge in [0.15, 0.2) is 0 Å². The monoisotopic (exact) mass is 172 g/mol. The van der Waals surface area contributed by atoms with Crippen molar-refractivity contribution in [1.29, 1.82) is 0 Å². The third-order valence-corrected chi connectivity index (χ3v) is 3.50. The second-order valence-corrected chi connectivity index (χ2v) is 3.96. The third kappa shape index (κ3) is 2.22. The van der Waals surface area contributed by atoms with Gasteiger partial charge in [0.2, 0.25) is 0 Å². The van der Waals surface area contributed by atoms with Crippen molar-refractivity contribution in [3.63, 3.8) is 0 Å². The predicted octanol–water partition coefficient (Wildman–Crippen LogP) is 3.22. The first-order valence-corrected chi connectivity index (χ1v) is 5.25. The molecular weight excluding hydrogens is 148 g/mol. The van der Waals surface area contributed by atoms with Crippen LogP contribution >= 0.6 is 0 Å². The Labute approximate surface area is 77.2 Å². The molecule has 0 aromatic rings. The highest BCUT2D eigenvalue weighted by molar-refractivity contribution is 4.86. The molecule has 1 nitrogen and oxygen atoms in total. The molecule has 0 amide bonds. The lowest BCUT2D eigenvalue weighted by molar-refractivity contribution is -0.0640. The van der Waals surface area contributed by atoms with E-state index in [1.165, 1.54) is 0 Å². The Bertz CT molecular complexity index is 110. The molecule has 74 valence electrons. The molecule has 2 atom stereocenters. The summed E-state index contributed by atoms with van der Waals surface area (Å²) in [5, 5.41) is 10.4. The SMILES string of the molecule is CCC(C)C(O)(CC)C(C)CC. The van der Waals surface area contributed by atoms with E-state index in [0.29, 0.717) is 11.8 Å². The van der Waals surface area contributed by atoms with Gasteiger partial charge in [-0.2, -0.15) is 0 Å². The van der Waals surface area contributed by atoms with Gasteiger partial charge in [-0.05, 0) is 18.3 Å². The van der Waals surface area contributed by atoms with Crippen LogP contribution in [-0.4, -0.2) is 10.7 Å². The van der Waals surface area contributed by atoms with Crippen LogP contribution in [-0.2, 0) is 0 Å². The van der Waals surface area contributed by atoms with Crippen molar-refractivity contribution < 1.29 is 5.11 Å². The fourth-order valence-electron chi connectivity index (χ4n) is 1.89. The van der Waals surface area contributed by atoms with Crippen LogP contribution in [0.15, 0.2) is 0 Å². The summed E-state index contributed by atoms with van der Waals surface area (Å²) in [5.41, 5.74) is -0.441. The number of hydrogen-bond acceptors (Lipinski definition) is 1. The Morgan fingerprint density at radius 1 is 1.00 bits per heavy atom. The van der Waals surface area contributed by atoms with E-state index < -0.39 is 5.60 Å². The van der Waals surface area contributed by atoms with Crippen LogP contribution in [0.1, 0.15) is 53.9 Å². The summed E-state index contributed by atoms with van der Waals surface area (Å²) in [6, 6.07) is 0. The van der Waals surface area contributed by atoms with Gasteiger partial charge in [-0.25, -0.2) is 0 Å². The maximum absolute atomic E-state index is 10.4. The van der Waals surface area contributed by atoms with Crippen molar-refractivity contribution in [3.05, 3.63) is 0 Å². The van der Waals surface area contributed by atoms with Gasteiger partial charge in [0.05, 0.1) is 5.60 Å². The lowest BCUT2D eigenvalue weighted by Gasteiger charge is -2.38. The van der Waals surface area contributed by atoms with Crippen molar-refractivity contribution in [2.45, 2.75) is 59.5 Å². The zero-order chi connectivity index (χ0) is 9.78. The van der Waals surface area contributed by atoms with Gasteiger partial charge in [0.25, 0.3) is 0 Å². The normalized spacial score (nSPS) is 21.5. The van der Waals surface area contributed by atoms with E-state index in [1.807, 2.05) is 0 Å². The molecule has 0 saturated carbocycles. The summed E-state index contributed by atoms with van der Waals surface area (Å²) in [6.45, 7) is 10.7. The van der Waals surface area contributed by atoms with Gasteiger partial charge in [0.1, 0.15) is 0 Å². The lowest BCUT2D eigenvalue weighted by Crippen LogP contribution is -2.41. The topological polar surface area (TPSA) is 20.2 Å². The minimum atomic E-state index is -0.441. The molecular formula is C11H24O. The average molecular weight is 172 g/mol. The quantitative estimate of drug-likeness (QED) is 0.675. The Hall–Kier alpha value is -0.0400. The second-order valence-electron chi connectivity index (χ2n) is 3.96. The number of hydrogen-bond donors (Lipinski definition) is 1. The van der Waals surface area contributed by atoms with Gasteiger partial charge in [0, 0.05) is 0 Å². The zero-order valence-corrected chi connectivity index (χ0v) is 9.22. The van der Waals surface area contributed by atoms with Crippen molar-refractivity contribution in [2.75, 3.05) is 0 Å². The number of aliphatic hydroxyl groups is 1. The van der Waals surface area contributed by atoms with Gasteiger partial charge in [-0.1, -0.05) is 47.5 Å². The summed E-state index contributed by atoms with van der Waals surface area (Å²) >= 11 is 0. The molecule has 0 fully saturated rings. The largest absolute Gasteiger partial charge is 0.389 e. The molecule has 0 aliphatic rings. The first kappa shape index (κ1) is 12.0. The Balaban J connectivity index is 4.42. The molecule has 0 saturated heterocycles. The molecule has 0 aliphatic heterocycles. The van der Waals surface area contributed by atoms with Crippen LogP contribution in [0, 0.1) is 11.8 Å². The molecule has 12 heavy (non-hydrogen) atoms. The van der Waals surface area contributed by atoms with Gasteiger partial charge < -0.3 is 5.11 Å². The van der Waals surface area contributed by atoms with E-state index in [4.69, 9.17) is 0 Å². The summed E-state index contributed by atoms with van der Waals surface area (Å²) in [7, 11) is 0. The standard InChI is InChI=1S/C11H24O/c1-6-9(4)11(12,8-3)10(5)7-2/h9-10,12H,6-8H2,1-5H3. The van der Waals surface area contributed by atoms with E-state index >= 15 is 0 Å². The van der Waals surface area contributed by atoms with Gasteiger partial charge >= 0.3 is 0 Å². The average Bonchev–Trinajstić information content (AvgIpc) is 2.13. The maximum Gasteiger partial charge on any atom is 0.0695 e. The fraction of sp³-hybridized carbons (Fsp3) is 1.00. The van der Waals surface area contributed by atoms with Crippen LogP contribution in [0.5, 0.6) is 0 Å². The van der Waals surface area contributed by atoms with Crippen molar-refractivity contribution >= 4 is 0 Å². The molecule has 0 bridgehead atoms. The highest BCUT2D eigenvalue weighted by Crippen LogP contribution is 2.33. The van der Waals surface area contributed by atoms with Crippen LogP contribution < -0.4 is 0 Å². The Kier molecular flexibility index (Phi) is 4.84. The molecule has 0 aromatic carbocycles. The molecule has 0 spiro atoms. The van der Waals surface area contributed by atoms with Crippen molar-refractivity contribution in [2.24, 2.45) is 11.8 Å². The predicted molar refractivity (Wildman–Crippen MR) is 54.2 cm³/mol. The van der Waals surface area contributed by atoms with E-state index in [1.54, 1.807) is 0 Å². The first-order chi connectivity index (χ1) is 5.52. The lowest BCUT2D eigenvalue weighted by atomic mass is 9.74. The summed E-state index contributed by atoms with van der Waals surface area (Å²) in [6.07, 6.45) is 3.00. The third-order valence-electron chi connectivity index (χ3n) is 3.50. The van der Waals surface area contributed by atoms with Crippen molar-refractivity contribution in [1.82, 2.24) is 0 Å². The minimum absolute atomic E-state index is 0.414. The molecule has 0 radical (unpaired) electrons. The van der Waals surface area contributed by atoms with E-state index in [-0.39, 0.29) is 0 Å². The maximum atomic E-state index is 10.4. The van der Waals surface area contributed by atoms with E-state index in [9.17, 15) is 5.11 Å². The van der Waals surface area contributed by atoms with Crippen molar-refractivity contribution in [3.8, 4) is 0 Å².